The van der Waals surface area contributed by atoms with Crippen LogP contribution in [0.1, 0.15) is 20.8 Å². The molecule has 0 aliphatic heterocycles. The van der Waals surface area contributed by atoms with E-state index in [0.29, 0.717) is 6.21 Å². The van der Waals surface area contributed by atoms with E-state index in [-0.39, 0.29) is 18.3 Å². The number of rotatable bonds is 8. The summed E-state index contributed by atoms with van der Waals surface area (Å²) in [6, 6.07) is 0. The highest BCUT2D eigenvalue weighted by molar-refractivity contribution is 5.81. The number of ketones is 1. The highest BCUT2D eigenvalue weighted by atomic mass is 18.2. The fraction of sp³-hybridized carbons (Fsp3) is 0.818. The molecule has 0 aromatic carbocycles. The van der Waals surface area contributed by atoms with Crippen LogP contribution in [-0.2, 0) is 9.63 Å². The summed E-state index contributed by atoms with van der Waals surface area (Å²) in [5.74, 6) is -0.392. The molecular formula is C11H20FNO5. The van der Waals surface area contributed by atoms with Crippen LogP contribution in [-0.4, -0.2) is 58.4 Å². The van der Waals surface area contributed by atoms with Crippen molar-refractivity contribution in [1.29, 1.82) is 0 Å². The second kappa shape index (κ2) is 8.12. The zero-order valence-corrected chi connectivity index (χ0v) is 10.7. The van der Waals surface area contributed by atoms with Gasteiger partial charge < -0.3 is 20.2 Å². The van der Waals surface area contributed by atoms with E-state index in [1.165, 1.54) is 6.92 Å². The Hall–Kier alpha value is -1.05. The minimum absolute atomic E-state index is 0.188. The number of hydrogen-bond acceptors (Lipinski definition) is 6. The van der Waals surface area contributed by atoms with Crippen LogP contribution in [0.5, 0.6) is 0 Å². The van der Waals surface area contributed by atoms with Crippen molar-refractivity contribution in [3.8, 4) is 0 Å². The summed E-state index contributed by atoms with van der Waals surface area (Å²) in [6.07, 6.45) is -6.06. The number of aliphatic hydroxyl groups is 3. The summed E-state index contributed by atoms with van der Waals surface area (Å²) in [4.78, 5) is 15.6. The van der Waals surface area contributed by atoms with E-state index in [1.54, 1.807) is 13.8 Å². The summed E-state index contributed by atoms with van der Waals surface area (Å²) >= 11 is 0. The van der Waals surface area contributed by atoms with Crippen molar-refractivity contribution in [3.05, 3.63) is 0 Å². The van der Waals surface area contributed by atoms with Gasteiger partial charge in [0.2, 0.25) is 0 Å². The van der Waals surface area contributed by atoms with Crippen LogP contribution in [0.15, 0.2) is 5.16 Å². The topological polar surface area (TPSA) is 99.4 Å². The Labute approximate surface area is 105 Å². The molecular weight excluding hydrogens is 244 g/mol. The number of carbonyl (C=O) groups excluding carboxylic acids is 1. The number of halogens is 1. The number of Topliss-reactive ketones (excluding diaryl/α,β-unsaturated/α-hetero) is 1. The Morgan fingerprint density at radius 1 is 1.28 bits per heavy atom. The van der Waals surface area contributed by atoms with Gasteiger partial charge in [-0.15, -0.1) is 0 Å². The first-order valence-electron chi connectivity index (χ1n) is 5.63. The van der Waals surface area contributed by atoms with Gasteiger partial charge in [0, 0.05) is 5.92 Å². The average molecular weight is 264 g/mol. The highest BCUT2D eigenvalue weighted by Gasteiger charge is 2.28. The van der Waals surface area contributed by atoms with Gasteiger partial charge in [-0.1, -0.05) is 19.0 Å². The normalized spacial score (nSPS) is 18.7. The zero-order chi connectivity index (χ0) is 14.3. The fourth-order valence-corrected chi connectivity index (χ4v) is 0.931. The molecule has 7 heteroatoms. The molecule has 18 heavy (non-hydrogen) atoms. The van der Waals surface area contributed by atoms with E-state index in [4.69, 9.17) is 5.11 Å². The van der Waals surface area contributed by atoms with Gasteiger partial charge in [0.15, 0.2) is 18.6 Å². The molecule has 0 radical (unpaired) electrons. The second-order valence-corrected chi connectivity index (χ2v) is 4.32. The summed E-state index contributed by atoms with van der Waals surface area (Å²) < 4.78 is 13.3. The molecule has 0 saturated carbocycles. The molecule has 0 aromatic rings. The van der Waals surface area contributed by atoms with Crippen LogP contribution in [0.2, 0.25) is 0 Å². The summed E-state index contributed by atoms with van der Waals surface area (Å²) in [6.45, 7) is 4.32. The number of nitrogens with zero attached hydrogens (tertiary/aromatic N) is 1. The third kappa shape index (κ3) is 6.04. The molecule has 4 unspecified atom stereocenters. The molecule has 0 amide bonds. The van der Waals surface area contributed by atoms with Gasteiger partial charge in [-0.25, -0.2) is 4.39 Å². The summed E-state index contributed by atoms with van der Waals surface area (Å²) in [5, 5.41) is 30.6. The van der Waals surface area contributed by atoms with Gasteiger partial charge in [0.05, 0.1) is 12.3 Å². The first-order valence-corrected chi connectivity index (χ1v) is 5.63. The van der Waals surface area contributed by atoms with Crippen molar-refractivity contribution in [1.82, 2.24) is 0 Å². The molecule has 0 aromatic heterocycles. The van der Waals surface area contributed by atoms with Gasteiger partial charge >= 0.3 is 0 Å². The van der Waals surface area contributed by atoms with Crippen molar-refractivity contribution in [2.75, 3.05) is 6.61 Å². The van der Waals surface area contributed by atoms with E-state index >= 15 is 0 Å². The Balaban J connectivity index is 4.08. The molecule has 0 bridgehead atoms. The van der Waals surface area contributed by atoms with Crippen molar-refractivity contribution >= 4 is 12.0 Å². The van der Waals surface area contributed by atoms with Gasteiger partial charge in [-0.3, -0.25) is 4.79 Å². The summed E-state index contributed by atoms with van der Waals surface area (Å²) in [7, 11) is 0. The van der Waals surface area contributed by atoms with Crippen molar-refractivity contribution in [2.24, 2.45) is 11.1 Å². The second-order valence-electron chi connectivity index (χ2n) is 4.32. The molecule has 4 atom stereocenters. The molecule has 0 aliphatic carbocycles. The number of alkyl halides is 1. The lowest BCUT2D eigenvalue weighted by atomic mass is 10.1. The standard InChI is InChI=1S/C11H20FNO5/c1-6(2)9(15)5-18-13-4-8(12)11(17)10(16)7(3)14/h4,6-8,10-11,14,16-17H,5H2,1-3H3/i12-1. The molecule has 0 saturated heterocycles. The Morgan fingerprint density at radius 2 is 1.83 bits per heavy atom. The minimum atomic E-state index is -2.00. The monoisotopic (exact) mass is 264 g/mol. The predicted molar refractivity (Wildman–Crippen MR) is 62.9 cm³/mol. The lowest BCUT2D eigenvalue weighted by Gasteiger charge is -2.20. The number of hydrogen-bond donors (Lipinski definition) is 3. The molecule has 0 spiro atoms. The maximum absolute atomic E-state index is 13.3. The first-order chi connectivity index (χ1) is 8.27. The third-order valence-corrected chi connectivity index (χ3v) is 2.30. The quantitative estimate of drug-likeness (QED) is 0.411. The summed E-state index contributed by atoms with van der Waals surface area (Å²) in [5.41, 5.74) is 0. The maximum atomic E-state index is 13.3. The van der Waals surface area contributed by atoms with Crippen LogP contribution >= 0.6 is 0 Å². The number of oxime groups is 1. The fourth-order valence-electron chi connectivity index (χ4n) is 0.931. The molecule has 6 nitrogen and oxygen atoms in total. The molecule has 0 fully saturated rings. The SMILES string of the molecule is CC(C)C(=O)CON=CC([18F])C(O)C(O)C(C)O. The van der Waals surface area contributed by atoms with Gasteiger partial charge in [0.25, 0.3) is 0 Å². The number of aliphatic hydroxyl groups excluding tert-OH is 3. The largest absolute Gasteiger partial charge is 0.391 e. The van der Waals surface area contributed by atoms with E-state index in [1.807, 2.05) is 0 Å². The Kier molecular flexibility index (Phi) is 7.65. The van der Waals surface area contributed by atoms with Gasteiger partial charge in [-0.2, -0.15) is 0 Å². The lowest BCUT2D eigenvalue weighted by Crippen LogP contribution is -2.42. The first kappa shape index (κ1) is 16.9. The van der Waals surface area contributed by atoms with E-state index in [0.717, 1.165) is 0 Å². The van der Waals surface area contributed by atoms with Crippen LogP contribution in [0, 0.1) is 5.92 Å². The smallest absolute Gasteiger partial charge is 0.175 e. The van der Waals surface area contributed by atoms with Crippen LogP contribution in [0.4, 0.5) is 4.39 Å². The van der Waals surface area contributed by atoms with Crippen molar-refractivity contribution < 1.29 is 29.3 Å². The van der Waals surface area contributed by atoms with E-state index < -0.39 is 24.5 Å². The van der Waals surface area contributed by atoms with Gasteiger partial charge in [-0.05, 0) is 6.92 Å². The van der Waals surface area contributed by atoms with Crippen molar-refractivity contribution in [2.45, 2.75) is 45.3 Å². The molecule has 0 rings (SSSR count). The van der Waals surface area contributed by atoms with E-state index in [2.05, 4.69) is 9.99 Å². The molecule has 0 heterocycles. The molecule has 106 valence electrons. The minimum Gasteiger partial charge on any atom is -0.391 e. The third-order valence-electron chi connectivity index (χ3n) is 2.30. The predicted octanol–water partition coefficient (Wildman–Crippen LogP) is -0.345. The van der Waals surface area contributed by atoms with Crippen LogP contribution < -0.4 is 0 Å². The van der Waals surface area contributed by atoms with E-state index in [9.17, 15) is 19.4 Å². The average Bonchev–Trinajstić information content (AvgIpc) is 2.31. The van der Waals surface area contributed by atoms with Crippen LogP contribution in [0.3, 0.4) is 0 Å². The molecule has 0 aliphatic rings. The Morgan fingerprint density at radius 3 is 2.28 bits per heavy atom. The van der Waals surface area contributed by atoms with Crippen molar-refractivity contribution in [3.63, 3.8) is 0 Å². The molecule has 3 N–H and O–H groups in total. The zero-order valence-electron chi connectivity index (χ0n) is 10.7. The van der Waals surface area contributed by atoms with Crippen LogP contribution in [0.25, 0.3) is 0 Å². The Bertz CT molecular complexity index is 283. The number of carbonyl (C=O) groups is 1. The lowest BCUT2D eigenvalue weighted by molar-refractivity contribution is -0.126. The maximum Gasteiger partial charge on any atom is 0.175 e. The highest BCUT2D eigenvalue weighted by Crippen LogP contribution is 2.06. The van der Waals surface area contributed by atoms with Gasteiger partial charge in [0.1, 0.15) is 12.2 Å².